The van der Waals surface area contributed by atoms with Crippen molar-refractivity contribution in [3.8, 4) is 5.75 Å². The average molecular weight is 462 g/mol. The number of pyridine rings is 1. The second-order valence-corrected chi connectivity index (χ2v) is 11.2. The lowest BCUT2D eigenvalue weighted by molar-refractivity contribution is -0.152. The Morgan fingerprint density at radius 1 is 1.09 bits per heavy atom. The summed E-state index contributed by atoms with van der Waals surface area (Å²) in [7, 11) is 1.75. The highest BCUT2D eigenvalue weighted by Gasteiger charge is 2.63. The van der Waals surface area contributed by atoms with Crippen LogP contribution in [-0.2, 0) is 18.3 Å². The molecule has 1 aromatic heterocycles. The SMILES string of the molecule is COc1ccc2c(c1)[C@@]13CCN(CCc4ccccn4)CC[C@@]1(O)[C@@H](C2)N(CC1CCC1)CC3. The van der Waals surface area contributed by atoms with Gasteiger partial charge in [-0.3, -0.25) is 9.88 Å². The highest BCUT2D eigenvalue weighted by atomic mass is 16.5. The third-order valence-corrected chi connectivity index (χ3v) is 9.68. The van der Waals surface area contributed by atoms with Crippen molar-refractivity contribution in [2.24, 2.45) is 5.92 Å². The average Bonchev–Trinajstić information content (AvgIpc) is 2.99. The molecule has 5 heteroatoms. The van der Waals surface area contributed by atoms with Gasteiger partial charge in [-0.2, -0.15) is 0 Å². The number of piperidine rings is 1. The summed E-state index contributed by atoms with van der Waals surface area (Å²) in [4.78, 5) is 9.78. The molecule has 1 saturated carbocycles. The number of aromatic nitrogens is 1. The molecule has 0 amide bonds. The number of methoxy groups -OCH3 is 1. The molecule has 3 atom stereocenters. The number of rotatable bonds is 6. The number of likely N-dealkylation sites (tertiary alicyclic amines) is 2. The maximum Gasteiger partial charge on any atom is 0.119 e. The van der Waals surface area contributed by atoms with E-state index in [1.165, 1.54) is 30.4 Å². The molecule has 1 N–H and O–H groups in total. The van der Waals surface area contributed by atoms with Crippen LogP contribution in [-0.4, -0.2) is 71.4 Å². The first-order chi connectivity index (χ1) is 16.6. The predicted molar refractivity (Wildman–Crippen MR) is 134 cm³/mol. The Kier molecular flexibility index (Phi) is 5.91. The molecule has 2 aliphatic carbocycles. The van der Waals surface area contributed by atoms with Crippen LogP contribution in [0.15, 0.2) is 42.6 Å². The minimum atomic E-state index is -0.686. The van der Waals surface area contributed by atoms with Gasteiger partial charge in [-0.1, -0.05) is 18.6 Å². The molecule has 34 heavy (non-hydrogen) atoms. The van der Waals surface area contributed by atoms with Crippen LogP contribution in [0.4, 0.5) is 0 Å². The minimum absolute atomic E-state index is 0.185. The van der Waals surface area contributed by atoms with Gasteiger partial charge in [-0.15, -0.1) is 0 Å². The van der Waals surface area contributed by atoms with E-state index in [4.69, 9.17) is 4.74 Å². The molecule has 5 nitrogen and oxygen atoms in total. The molecule has 4 aliphatic rings. The van der Waals surface area contributed by atoms with Crippen LogP contribution in [0.25, 0.3) is 0 Å². The van der Waals surface area contributed by atoms with Gasteiger partial charge in [0, 0.05) is 49.4 Å². The first kappa shape index (κ1) is 22.5. The van der Waals surface area contributed by atoms with Gasteiger partial charge in [0.15, 0.2) is 0 Å². The highest BCUT2D eigenvalue weighted by molar-refractivity contribution is 5.48. The van der Waals surface area contributed by atoms with Crippen molar-refractivity contribution in [2.75, 3.05) is 39.8 Å². The van der Waals surface area contributed by atoms with E-state index in [9.17, 15) is 5.11 Å². The van der Waals surface area contributed by atoms with Crippen molar-refractivity contribution in [1.29, 1.82) is 0 Å². The minimum Gasteiger partial charge on any atom is -0.497 e. The van der Waals surface area contributed by atoms with Crippen molar-refractivity contribution >= 4 is 0 Å². The molecule has 2 bridgehead atoms. The van der Waals surface area contributed by atoms with Gasteiger partial charge in [0.1, 0.15) is 5.75 Å². The van der Waals surface area contributed by atoms with Crippen molar-refractivity contribution < 1.29 is 9.84 Å². The monoisotopic (exact) mass is 461 g/mol. The van der Waals surface area contributed by atoms with Gasteiger partial charge in [0.2, 0.25) is 0 Å². The zero-order chi connectivity index (χ0) is 23.2. The molecular formula is C29H39N3O2. The van der Waals surface area contributed by atoms with E-state index in [0.29, 0.717) is 0 Å². The van der Waals surface area contributed by atoms with Gasteiger partial charge < -0.3 is 14.7 Å². The predicted octanol–water partition coefficient (Wildman–Crippen LogP) is 3.83. The fourth-order valence-electron chi connectivity index (χ4n) is 7.45. The van der Waals surface area contributed by atoms with E-state index < -0.39 is 5.60 Å². The van der Waals surface area contributed by atoms with E-state index in [2.05, 4.69) is 45.1 Å². The van der Waals surface area contributed by atoms with Gasteiger partial charge in [-0.25, -0.2) is 0 Å². The fraction of sp³-hybridized carbons (Fsp3) is 0.621. The van der Waals surface area contributed by atoms with Crippen molar-refractivity contribution in [2.45, 2.75) is 68.4 Å². The number of hydrogen-bond donors (Lipinski definition) is 1. The van der Waals surface area contributed by atoms with Crippen molar-refractivity contribution in [1.82, 2.24) is 14.8 Å². The fourth-order valence-corrected chi connectivity index (χ4v) is 7.45. The van der Waals surface area contributed by atoms with Crippen LogP contribution >= 0.6 is 0 Å². The zero-order valence-electron chi connectivity index (χ0n) is 20.6. The lowest BCUT2D eigenvalue weighted by atomic mass is 9.52. The molecule has 3 heterocycles. The molecule has 6 rings (SSSR count). The highest BCUT2D eigenvalue weighted by Crippen LogP contribution is 2.56. The molecule has 0 spiro atoms. The summed E-state index contributed by atoms with van der Waals surface area (Å²) in [5, 5.41) is 12.7. The molecular weight excluding hydrogens is 422 g/mol. The first-order valence-corrected chi connectivity index (χ1v) is 13.4. The Morgan fingerprint density at radius 2 is 1.94 bits per heavy atom. The van der Waals surface area contributed by atoms with Crippen LogP contribution in [0.2, 0.25) is 0 Å². The Hall–Kier alpha value is -1.95. The van der Waals surface area contributed by atoms with E-state index in [0.717, 1.165) is 82.2 Å². The topological polar surface area (TPSA) is 48.8 Å². The smallest absolute Gasteiger partial charge is 0.119 e. The maximum absolute atomic E-state index is 12.7. The Bertz CT molecular complexity index is 1010. The maximum atomic E-state index is 12.7. The molecule has 2 aromatic rings. The number of nitrogens with zero attached hydrogens (tertiary/aromatic N) is 3. The summed E-state index contributed by atoms with van der Waals surface area (Å²) in [6, 6.07) is 13.0. The zero-order valence-corrected chi connectivity index (χ0v) is 20.6. The van der Waals surface area contributed by atoms with Gasteiger partial charge in [0.05, 0.1) is 12.7 Å². The summed E-state index contributed by atoms with van der Waals surface area (Å²) in [6.45, 7) is 5.26. The Morgan fingerprint density at radius 3 is 2.71 bits per heavy atom. The van der Waals surface area contributed by atoms with E-state index >= 15 is 0 Å². The largest absolute Gasteiger partial charge is 0.497 e. The molecule has 0 unspecified atom stereocenters. The van der Waals surface area contributed by atoms with Gasteiger partial charge >= 0.3 is 0 Å². The second kappa shape index (κ2) is 8.92. The van der Waals surface area contributed by atoms with Crippen molar-refractivity contribution in [3.05, 3.63) is 59.4 Å². The van der Waals surface area contributed by atoms with Crippen LogP contribution in [0.3, 0.4) is 0 Å². The van der Waals surface area contributed by atoms with Gasteiger partial charge in [0.25, 0.3) is 0 Å². The van der Waals surface area contributed by atoms with Crippen LogP contribution in [0, 0.1) is 5.92 Å². The Labute approximate surface area is 204 Å². The quantitative estimate of drug-likeness (QED) is 0.709. The lowest BCUT2D eigenvalue weighted by Crippen LogP contribution is -2.71. The number of hydrogen-bond acceptors (Lipinski definition) is 5. The molecule has 1 aromatic carbocycles. The summed E-state index contributed by atoms with van der Waals surface area (Å²) in [5.41, 5.74) is 3.07. The van der Waals surface area contributed by atoms with Crippen LogP contribution in [0.1, 0.15) is 55.3 Å². The number of ether oxygens (including phenoxy) is 1. The number of aliphatic hydroxyl groups is 1. The molecule has 3 fully saturated rings. The third-order valence-electron chi connectivity index (χ3n) is 9.68. The lowest BCUT2D eigenvalue weighted by Gasteiger charge is -2.62. The number of benzene rings is 1. The second-order valence-electron chi connectivity index (χ2n) is 11.2. The van der Waals surface area contributed by atoms with Gasteiger partial charge in [-0.05, 0) is 92.9 Å². The normalized spacial score (nSPS) is 31.8. The first-order valence-electron chi connectivity index (χ1n) is 13.4. The van der Waals surface area contributed by atoms with Crippen LogP contribution < -0.4 is 4.74 Å². The number of fused-ring (bicyclic) bond motifs is 1. The summed E-state index contributed by atoms with van der Waals surface area (Å²) in [5.74, 6) is 1.75. The van der Waals surface area contributed by atoms with Crippen molar-refractivity contribution in [3.63, 3.8) is 0 Å². The van der Waals surface area contributed by atoms with E-state index in [-0.39, 0.29) is 11.5 Å². The van der Waals surface area contributed by atoms with Crippen LogP contribution in [0.5, 0.6) is 5.75 Å². The molecule has 182 valence electrons. The standard InChI is InChI=1S/C29H39N3O2/c1-34-25-9-8-23-19-27-29(33)13-17-31(15-10-24-7-2-3-14-30-24)16-11-28(29,26(23)20-25)12-18-32(27)21-22-5-4-6-22/h2-3,7-9,14,20,22,27,33H,4-6,10-13,15-19,21H2,1H3/t27-,28+,29-/m1/s1. The summed E-state index contributed by atoms with van der Waals surface area (Å²) < 4.78 is 5.65. The third kappa shape index (κ3) is 3.68. The Balaban J connectivity index is 1.31. The molecule has 0 radical (unpaired) electrons. The molecule has 2 saturated heterocycles. The van der Waals surface area contributed by atoms with E-state index in [1.807, 2.05) is 12.3 Å². The summed E-state index contributed by atoms with van der Waals surface area (Å²) in [6.07, 6.45) is 10.8. The molecule has 2 aliphatic heterocycles. The summed E-state index contributed by atoms with van der Waals surface area (Å²) >= 11 is 0. The van der Waals surface area contributed by atoms with E-state index in [1.54, 1.807) is 7.11 Å².